The normalized spacial score (nSPS) is 20.9. The third-order valence-corrected chi connectivity index (χ3v) is 4.94. The van der Waals surface area contributed by atoms with Crippen molar-refractivity contribution in [1.82, 2.24) is 15.1 Å². The van der Waals surface area contributed by atoms with Crippen LogP contribution in [-0.2, 0) is 0 Å². The monoisotopic (exact) mass is 287 g/mol. The molecule has 2 aliphatic rings. The molecule has 2 heterocycles. The van der Waals surface area contributed by atoms with Crippen molar-refractivity contribution in [3.05, 3.63) is 35.0 Å². The number of nitrogens with one attached hydrogen (secondary N) is 1. The number of aromatic amines is 1. The summed E-state index contributed by atoms with van der Waals surface area (Å²) < 4.78 is 0. The van der Waals surface area contributed by atoms with E-state index >= 15 is 0 Å². The fourth-order valence-electron chi connectivity index (χ4n) is 3.25. The number of para-hydroxylation sites is 1. The van der Waals surface area contributed by atoms with Crippen LogP contribution in [0.5, 0.6) is 0 Å². The maximum absolute atomic E-state index is 6.22. The quantitative estimate of drug-likeness (QED) is 0.909. The standard InChI is InChI=1S/C16H18ClN3/c17-14-8-2-7-13-15(18-19-16(13)14)11-4-3-9-20(10-11)12-5-1-6-12/h2,4,7-8,12H,1,3,5-6,9-10H2,(H,18,19). The number of fused-ring (bicyclic) bond motifs is 1. The molecule has 0 atom stereocenters. The summed E-state index contributed by atoms with van der Waals surface area (Å²) >= 11 is 6.22. The minimum atomic E-state index is 0.744. The first-order chi connectivity index (χ1) is 9.83. The predicted octanol–water partition coefficient (Wildman–Crippen LogP) is 3.86. The fourth-order valence-corrected chi connectivity index (χ4v) is 3.47. The lowest BCUT2D eigenvalue weighted by molar-refractivity contribution is 0.143. The number of hydrogen-bond acceptors (Lipinski definition) is 2. The number of benzene rings is 1. The largest absolute Gasteiger partial charge is 0.296 e. The van der Waals surface area contributed by atoms with E-state index in [4.69, 9.17) is 11.6 Å². The van der Waals surface area contributed by atoms with Gasteiger partial charge in [0.05, 0.1) is 16.2 Å². The van der Waals surface area contributed by atoms with Gasteiger partial charge in [0, 0.05) is 24.5 Å². The summed E-state index contributed by atoms with van der Waals surface area (Å²) in [4.78, 5) is 2.61. The molecule has 3 nitrogen and oxygen atoms in total. The van der Waals surface area contributed by atoms with Crippen LogP contribution < -0.4 is 0 Å². The second-order valence-corrected chi connectivity index (χ2v) is 6.22. The van der Waals surface area contributed by atoms with Crippen molar-refractivity contribution in [1.29, 1.82) is 0 Å². The molecule has 0 spiro atoms. The van der Waals surface area contributed by atoms with Crippen LogP contribution in [0.4, 0.5) is 0 Å². The zero-order valence-electron chi connectivity index (χ0n) is 11.4. The highest BCUT2D eigenvalue weighted by Crippen LogP contribution is 2.32. The number of H-pyrrole nitrogens is 1. The number of hydrogen-bond donors (Lipinski definition) is 1. The van der Waals surface area contributed by atoms with E-state index in [1.54, 1.807) is 0 Å². The van der Waals surface area contributed by atoms with Gasteiger partial charge in [-0.25, -0.2) is 0 Å². The van der Waals surface area contributed by atoms with Crippen LogP contribution in [0.25, 0.3) is 16.5 Å². The molecule has 1 N–H and O–H groups in total. The highest BCUT2D eigenvalue weighted by Gasteiger charge is 2.27. The molecule has 2 aromatic rings. The number of aromatic nitrogens is 2. The van der Waals surface area contributed by atoms with E-state index in [1.165, 1.54) is 31.4 Å². The van der Waals surface area contributed by atoms with Gasteiger partial charge in [-0.2, -0.15) is 5.10 Å². The molecule has 1 fully saturated rings. The first-order valence-electron chi connectivity index (χ1n) is 7.39. The lowest BCUT2D eigenvalue weighted by Crippen LogP contribution is -2.42. The van der Waals surface area contributed by atoms with Crippen molar-refractivity contribution >= 4 is 28.1 Å². The highest BCUT2D eigenvalue weighted by atomic mass is 35.5. The average molecular weight is 288 g/mol. The molecule has 1 aliphatic carbocycles. The first-order valence-corrected chi connectivity index (χ1v) is 7.77. The van der Waals surface area contributed by atoms with Gasteiger partial charge in [-0.3, -0.25) is 10.00 Å². The molecule has 4 rings (SSSR count). The Bertz CT molecular complexity index is 669. The Hall–Kier alpha value is -1.32. The maximum atomic E-state index is 6.22. The Balaban J connectivity index is 1.68. The second kappa shape index (κ2) is 4.90. The van der Waals surface area contributed by atoms with Gasteiger partial charge in [-0.05, 0) is 30.9 Å². The highest BCUT2D eigenvalue weighted by molar-refractivity contribution is 6.35. The molecule has 1 aliphatic heterocycles. The summed E-state index contributed by atoms with van der Waals surface area (Å²) in [5.74, 6) is 0. The first kappa shape index (κ1) is 12.4. The summed E-state index contributed by atoms with van der Waals surface area (Å²) in [5.41, 5.74) is 3.37. The topological polar surface area (TPSA) is 31.9 Å². The summed E-state index contributed by atoms with van der Waals surface area (Å²) in [6.45, 7) is 2.22. The van der Waals surface area contributed by atoms with Crippen LogP contribution in [-0.4, -0.2) is 34.2 Å². The van der Waals surface area contributed by atoms with Crippen LogP contribution in [0.3, 0.4) is 0 Å². The lowest BCUT2D eigenvalue weighted by Gasteiger charge is -2.39. The van der Waals surface area contributed by atoms with E-state index in [9.17, 15) is 0 Å². The molecule has 1 aromatic heterocycles. The zero-order chi connectivity index (χ0) is 13.5. The van der Waals surface area contributed by atoms with E-state index < -0.39 is 0 Å². The van der Waals surface area contributed by atoms with Gasteiger partial charge in [0.1, 0.15) is 0 Å². The molecule has 4 heteroatoms. The average Bonchev–Trinajstić information content (AvgIpc) is 2.82. The molecule has 0 saturated heterocycles. The van der Waals surface area contributed by atoms with Gasteiger partial charge >= 0.3 is 0 Å². The third-order valence-electron chi connectivity index (χ3n) is 4.62. The molecule has 1 aromatic carbocycles. The van der Waals surface area contributed by atoms with Gasteiger partial charge in [0.15, 0.2) is 0 Å². The maximum Gasteiger partial charge on any atom is 0.0969 e. The van der Waals surface area contributed by atoms with Crippen molar-refractivity contribution in [2.75, 3.05) is 13.1 Å². The van der Waals surface area contributed by atoms with Gasteiger partial charge in [-0.15, -0.1) is 0 Å². The van der Waals surface area contributed by atoms with Gasteiger partial charge in [-0.1, -0.05) is 36.2 Å². The zero-order valence-corrected chi connectivity index (χ0v) is 12.2. The molecule has 104 valence electrons. The summed E-state index contributed by atoms with van der Waals surface area (Å²) in [5, 5.41) is 9.48. The second-order valence-electron chi connectivity index (χ2n) is 5.81. The van der Waals surface area contributed by atoms with Crippen LogP contribution in [0.1, 0.15) is 31.4 Å². The van der Waals surface area contributed by atoms with Crippen molar-refractivity contribution in [2.45, 2.75) is 31.7 Å². The molecule has 0 radical (unpaired) electrons. The van der Waals surface area contributed by atoms with Gasteiger partial charge < -0.3 is 0 Å². The molecule has 20 heavy (non-hydrogen) atoms. The van der Waals surface area contributed by atoms with Crippen LogP contribution >= 0.6 is 11.6 Å². The summed E-state index contributed by atoms with van der Waals surface area (Å²) in [6, 6.07) is 6.80. The molecular formula is C16H18ClN3. The minimum Gasteiger partial charge on any atom is -0.296 e. The fraction of sp³-hybridized carbons (Fsp3) is 0.438. The van der Waals surface area contributed by atoms with Crippen molar-refractivity contribution in [2.24, 2.45) is 0 Å². The third kappa shape index (κ3) is 1.97. The lowest BCUT2D eigenvalue weighted by atomic mass is 9.89. The van der Waals surface area contributed by atoms with Crippen molar-refractivity contribution in [3.8, 4) is 0 Å². The van der Waals surface area contributed by atoms with Crippen LogP contribution in [0.2, 0.25) is 5.02 Å². The Kier molecular flexibility index (Phi) is 3.04. The molecule has 0 bridgehead atoms. The summed E-state index contributed by atoms with van der Waals surface area (Å²) in [7, 11) is 0. The minimum absolute atomic E-state index is 0.744. The van der Waals surface area contributed by atoms with E-state index in [0.717, 1.165) is 40.6 Å². The molecular weight excluding hydrogens is 270 g/mol. The number of nitrogens with zero attached hydrogens (tertiary/aromatic N) is 2. The van der Waals surface area contributed by atoms with Crippen LogP contribution in [0, 0.1) is 0 Å². The molecule has 0 unspecified atom stereocenters. The smallest absolute Gasteiger partial charge is 0.0969 e. The van der Waals surface area contributed by atoms with E-state index in [1.807, 2.05) is 12.1 Å². The van der Waals surface area contributed by atoms with E-state index in [-0.39, 0.29) is 0 Å². The Labute approximate surface area is 123 Å². The van der Waals surface area contributed by atoms with Gasteiger partial charge in [0.25, 0.3) is 0 Å². The summed E-state index contributed by atoms with van der Waals surface area (Å²) in [6.07, 6.45) is 7.58. The van der Waals surface area contributed by atoms with Crippen molar-refractivity contribution in [3.63, 3.8) is 0 Å². The number of rotatable bonds is 2. The van der Waals surface area contributed by atoms with E-state index in [0.29, 0.717) is 0 Å². The Morgan fingerprint density at radius 1 is 1.30 bits per heavy atom. The number of halogens is 1. The Morgan fingerprint density at radius 2 is 2.20 bits per heavy atom. The molecule has 1 saturated carbocycles. The van der Waals surface area contributed by atoms with Gasteiger partial charge in [0.2, 0.25) is 0 Å². The Morgan fingerprint density at radius 3 is 3.00 bits per heavy atom. The SMILES string of the molecule is Clc1cccc2c(C3=CCCN(C4CCC4)C3)n[nH]c12. The van der Waals surface area contributed by atoms with Crippen LogP contribution in [0.15, 0.2) is 24.3 Å². The predicted molar refractivity (Wildman–Crippen MR) is 82.9 cm³/mol. The molecule has 0 amide bonds. The van der Waals surface area contributed by atoms with E-state index in [2.05, 4.69) is 27.2 Å². The van der Waals surface area contributed by atoms with Crippen molar-refractivity contribution < 1.29 is 0 Å².